The highest BCUT2D eigenvalue weighted by Gasteiger charge is 2.45. The molecule has 1 aromatic rings. The maximum absolute atomic E-state index is 13.1. The summed E-state index contributed by atoms with van der Waals surface area (Å²) >= 11 is 0. The number of carbonyl (C=O) groups excluding carboxylic acids is 1. The SMILES string of the molecule is CCCCN1CCOCC2(CC(=O)N(c3ccc(F)cc3)C2)C1.O=C(O)C(F)(F)F. The largest absolute Gasteiger partial charge is 0.490 e. The molecule has 1 atom stereocenters. The minimum absolute atomic E-state index is 0.109. The van der Waals surface area contributed by atoms with Gasteiger partial charge in [-0.3, -0.25) is 4.79 Å². The zero-order valence-corrected chi connectivity index (χ0v) is 16.8. The third kappa shape index (κ3) is 6.66. The second-order valence-corrected chi connectivity index (χ2v) is 7.62. The third-order valence-electron chi connectivity index (χ3n) is 5.05. The van der Waals surface area contributed by atoms with Gasteiger partial charge >= 0.3 is 12.1 Å². The molecule has 1 N–H and O–H groups in total. The molecule has 30 heavy (non-hydrogen) atoms. The van der Waals surface area contributed by atoms with Crippen LogP contribution in [0.15, 0.2) is 24.3 Å². The number of anilines is 1. The molecule has 2 aliphatic heterocycles. The number of rotatable bonds is 4. The van der Waals surface area contributed by atoms with Crippen LogP contribution < -0.4 is 4.90 Å². The van der Waals surface area contributed by atoms with Crippen molar-refractivity contribution < 1.29 is 37.0 Å². The van der Waals surface area contributed by atoms with E-state index in [9.17, 15) is 22.4 Å². The van der Waals surface area contributed by atoms with E-state index in [0.29, 0.717) is 19.6 Å². The van der Waals surface area contributed by atoms with Gasteiger partial charge in [-0.25, -0.2) is 9.18 Å². The second-order valence-electron chi connectivity index (χ2n) is 7.62. The number of benzene rings is 1. The van der Waals surface area contributed by atoms with E-state index in [-0.39, 0.29) is 17.1 Å². The lowest BCUT2D eigenvalue weighted by molar-refractivity contribution is -0.192. The summed E-state index contributed by atoms with van der Waals surface area (Å²) in [6, 6.07) is 6.17. The van der Waals surface area contributed by atoms with Crippen LogP contribution >= 0.6 is 0 Å². The van der Waals surface area contributed by atoms with Gasteiger partial charge in [0.1, 0.15) is 5.82 Å². The molecule has 6 nitrogen and oxygen atoms in total. The summed E-state index contributed by atoms with van der Waals surface area (Å²) in [4.78, 5) is 25.6. The molecule has 0 aromatic heterocycles. The van der Waals surface area contributed by atoms with E-state index >= 15 is 0 Å². The normalized spacial score (nSPS) is 22.6. The Morgan fingerprint density at radius 2 is 1.87 bits per heavy atom. The predicted molar refractivity (Wildman–Crippen MR) is 102 cm³/mol. The van der Waals surface area contributed by atoms with Crippen molar-refractivity contribution in [3.8, 4) is 0 Å². The summed E-state index contributed by atoms with van der Waals surface area (Å²) in [5.41, 5.74) is 0.632. The molecule has 0 bridgehead atoms. The van der Waals surface area contributed by atoms with Crippen LogP contribution in [0.1, 0.15) is 26.2 Å². The van der Waals surface area contributed by atoms with Gasteiger partial charge in [0.05, 0.1) is 13.2 Å². The average molecular weight is 434 g/mol. The number of carbonyl (C=O) groups is 2. The molecule has 1 spiro atoms. The lowest BCUT2D eigenvalue weighted by Gasteiger charge is -2.31. The predicted octanol–water partition coefficient (Wildman–Crippen LogP) is 3.31. The lowest BCUT2D eigenvalue weighted by atomic mass is 9.87. The number of halogens is 4. The Balaban J connectivity index is 0.000000396. The summed E-state index contributed by atoms with van der Waals surface area (Å²) in [5, 5.41) is 7.12. The number of hydrogen-bond acceptors (Lipinski definition) is 4. The van der Waals surface area contributed by atoms with Crippen molar-refractivity contribution in [1.29, 1.82) is 0 Å². The molecular weight excluding hydrogens is 408 g/mol. The smallest absolute Gasteiger partial charge is 0.475 e. The molecule has 0 saturated carbocycles. The Bertz CT molecular complexity index is 727. The molecule has 2 saturated heterocycles. The van der Waals surface area contributed by atoms with Gasteiger partial charge in [0, 0.05) is 37.2 Å². The second kappa shape index (κ2) is 10.2. The highest BCUT2D eigenvalue weighted by molar-refractivity contribution is 5.96. The van der Waals surface area contributed by atoms with Crippen LogP contribution in [0.25, 0.3) is 0 Å². The van der Waals surface area contributed by atoms with Gasteiger partial charge < -0.3 is 19.6 Å². The van der Waals surface area contributed by atoms with Crippen molar-refractivity contribution in [2.24, 2.45) is 5.41 Å². The molecule has 0 aliphatic carbocycles. The summed E-state index contributed by atoms with van der Waals surface area (Å²) in [5.74, 6) is -2.93. The van der Waals surface area contributed by atoms with Crippen molar-refractivity contribution >= 4 is 17.6 Å². The number of aliphatic carboxylic acids is 1. The van der Waals surface area contributed by atoms with E-state index in [1.165, 1.54) is 25.0 Å². The van der Waals surface area contributed by atoms with Gasteiger partial charge in [-0.15, -0.1) is 0 Å². The first-order valence-corrected chi connectivity index (χ1v) is 9.72. The fourth-order valence-corrected chi connectivity index (χ4v) is 3.61. The summed E-state index contributed by atoms with van der Waals surface area (Å²) in [7, 11) is 0. The molecule has 10 heteroatoms. The topological polar surface area (TPSA) is 70.1 Å². The number of amides is 1. The minimum atomic E-state index is -5.08. The van der Waals surface area contributed by atoms with Gasteiger partial charge in [-0.1, -0.05) is 13.3 Å². The Morgan fingerprint density at radius 1 is 1.23 bits per heavy atom. The van der Waals surface area contributed by atoms with Crippen LogP contribution in [0.5, 0.6) is 0 Å². The van der Waals surface area contributed by atoms with Gasteiger partial charge in [-0.05, 0) is 37.2 Å². The number of carboxylic acid groups (broad SMARTS) is 1. The van der Waals surface area contributed by atoms with Crippen LogP contribution in [-0.2, 0) is 14.3 Å². The maximum Gasteiger partial charge on any atom is 0.490 e. The maximum atomic E-state index is 13.1. The van der Waals surface area contributed by atoms with Crippen LogP contribution in [0.3, 0.4) is 0 Å². The Labute approximate surface area is 172 Å². The molecule has 1 unspecified atom stereocenters. The summed E-state index contributed by atoms with van der Waals surface area (Å²) < 4.78 is 50.7. The van der Waals surface area contributed by atoms with Crippen LogP contribution in [0.2, 0.25) is 0 Å². The van der Waals surface area contributed by atoms with Gasteiger partial charge in [-0.2, -0.15) is 13.2 Å². The highest BCUT2D eigenvalue weighted by Crippen LogP contribution is 2.37. The van der Waals surface area contributed by atoms with E-state index in [0.717, 1.165) is 31.9 Å². The first kappa shape index (κ1) is 24.1. The van der Waals surface area contributed by atoms with E-state index in [1.807, 2.05) is 0 Å². The molecule has 2 fully saturated rings. The number of unbranched alkanes of at least 4 members (excludes halogenated alkanes) is 1. The molecule has 1 aromatic carbocycles. The summed E-state index contributed by atoms with van der Waals surface area (Å²) in [6.07, 6.45) is -2.23. The van der Waals surface area contributed by atoms with Crippen LogP contribution in [0, 0.1) is 11.2 Å². The molecule has 168 valence electrons. The van der Waals surface area contributed by atoms with Crippen molar-refractivity contribution in [2.45, 2.75) is 32.4 Å². The van der Waals surface area contributed by atoms with Gasteiger partial charge in [0.15, 0.2) is 0 Å². The van der Waals surface area contributed by atoms with E-state index in [4.69, 9.17) is 14.6 Å². The zero-order chi connectivity index (χ0) is 22.4. The Kier molecular flexibility index (Phi) is 8.19. The highest BCUT2D eigenvalue weighted by atomic mass is 19.4. The molecule has 2 aliphatic rings. The van der Waals surface area contributed by atoms with Crippen LogP contribution in [0.4, 0.5) is 23.2 Å². The molecule has 1 amide bonds. The van der Waals surface area contributed by atoms with Crippen molar-refractivity contribution in [3.63, 3.8) is 0 Å². The quantitative estimate of drug-likeness (QED) is 0.737. The van der Waals surface area contributed by atoms with Crippen molar-refractivity contribution in [1.82, 2.24) is 4.90 Å². The van der Waals surface area contributed by atoms with E-state index in [2.05, 4.69) is 11.8 Å². The Morgan fingerprint density at radius 3 is 2.43 bits per heavy atom. The fraction of sp³-hybridized carbons (Fsp3) is 0.600. The standard InChI is InChI=1S/C18H25FN2O2.C2HF3O2/c1-2-3-8-20-9-10-23-14-18(12-20)11-17(22)21(13-18)16-6-4-15(19)5-7-16;3-2(4,5)1(6)7/h4-7H,2-3,8-14H2,1H3;(H,6,7). The minimum Gasteiger partial charge on any atom is -0.475 e. The molecule has 0 radical (unpaired) electrons. The van der Waals surface area contributed by atoms with E-state index in [1.54, 1.807) is 17.0 Å². The average Bonchev–Trinajstić information content (AvgIpc) is 2.86. The van der Waals surface area contributed by atoms with E-state index < -0.39 is 12.1 Å². The Hall–Kier alpha value is -2.20. The van der Waals surface area contributed by atoms with Crippen molar-refractivity contribution in [3.05, 3.63) is 30.1 Å². The molecule has 3 rings (SSSR count). The zero-order valence-electron chi connectivity index (χ0n) is 16.8. The number of carboxylic acids is 1. The van der Waals surface area contributed by atoms with Crippen molar-refractivity contribution in [2.75, 3.05) is 44.3 Å². The van der Waals surface area contributed by atoms with Crippen LogP contribution in [-0.4, -0.2) is 67.5 Å². The summed E-state index contributed by atoms with van der Waals surface area (Å²) in [6.45, 7) is 7.10. The molecular formula is C20H26F4N2O4. The van der Waals surface area contributed by atoms with Gasteiger partial charge in [0.2, 0.25) is 5.91 Å². The lowest BCUT2D eigenvalue weighted by Crippen LogP contribution is -2.41. The number of alkyl halides is 3. The monoisotopic (exact) mass is 434 g/mol. The first-order valence-electron chi connectivity index (χ1n) is 9.72. The number of nitrogens with zero attached hydrogens (tertiary/aromatic N) is 2. The molecule has 2 heterocycles. The number of hydrogen-bond donors (Lipinski definition) is 1. The number of ether oxygens (including phenoxy) is 1. The fourth-order valence-electron chi connectivity index (χ4n) is 3.61. The first-order chi connectivity index (χ1) is 14.1. The third-order valence-corrected chi connectivity index (χ3v) is 5.05. The van der Waals surface area contributed by atoms with Gasteiger partial charge in [0.25, 0.3) is 0 Å².